The average Bonchev–Trinajstić information content (AvgIpc) is 1.96. The van der Waals surface area contributed by atoms with Crippen molar-refractivity contribution in [1.82, 2.24) is 5.32 Å². The number of hydrogen-bond donors (Lipinski definition) is 1. The second kappa shape index (κ2) is 3.73. The fraction of sp³-hybridized carbons (Fsp3) is 0.889. The molecule has 1 fully saturated rings. The van der Waals surface area contributed by atoms with E-state index in [2.05, 4.69) is 18.3 Å². The molecule has 2 nitrogen and oxygen atoms in total. The van der Waals surface area contributed by atoms with E-state index in [1.165, 1.54) is 12.8 Å². The number of nitrogens with zero attached hydrogens (tertiary/aromatic N) is 1. The van der Waals surface area contributed by atoms with Crippen LogP contribution in [0.15, 0.2) is 0 Å². The molecule has 0 heterocycles. The summed E-state index contributed by atoms with van der Waals surface area (Å²) in [6.45, 7) is 4.30. The third kappa shape index (κ3) is 2.20. The highest BCUT2D eigenvalue weighted by Crippen LogP contribution is 2.26. The fourth-order valence-electron chi connectivity index (χ4n) is 1.57. The molecule has 0 aromatic carbocycles. The zero-order chi connectivity index (χ0) is 8.27. The topological polar surface area (TPSA) is 35.8 Å². The van der Waals surface area contributed by atoms with Crippen LogP contribution in [0.4, 0.5) is 0 Å². The minimum atomic E-state index is 0.0764. The highest BCUT2D eigenvalue weighted by Gasteiger charge is 2.26. The van der Waals surface area contributed by atoms with Crippen LogP contribution in [0.5, 0.6) is 0 Å². The molecule has 1 rings (SSSR count). The molecule has 0 spiro atoms. The second-order valence-electron chi connectivity index (χ2n) is 3.53. The highest BCUT2D eigenvalue weighted by atomic mass is 15.0. The van der Waals surface area contributed by atoms with Crippen molar-refractivity contribution in [2.75, 3.05) is 0 Å². The molecule has 11 heavy (non-hydrogen) atoms. The molecule has 0 radical (unpaired) electrons. The molecular weight excluding hydrogens is 136 g/mol. The first-order valence-corrected chi connectivity index (χ1v) is 4.42. The summed E-state index contributed by atoms with van der Waals surface area (Å²) in [5.74, 6) is 0.865. The number of hydrogen-bond acceptors (Lipinski definition) is 2. The van der Waals surface area contributed by atoms with Gasteiger partial charge < -0.3 is 0 Å². The Hall–Kier alpha value is -0.550. The quantitative estimate of drug-likeness (QED) is 0.667. The summed E-state index contributed by atoms with van der Waals surface area (Å²) >= 11 is 0. The van der Waals surface area contributed by atoms with Crippen LogP contribution in [-0.2, 0) is 0 Å². The van der Waals surface area contributed by atoms with E-state index < -0.39 is 0 Å². The number of nitrogens with one attached hydrogen (secondary N) is 1. The van der Waals surface area contributed by atoms with Gasteiger partial charge in [0.2, 0.25) is 0 Å². The lowest BCUT2D eigenvalue weighted by atomic mass is 9.81. The molecule has 1 aliphatic carbocycles. The van der Waals surface area contributed by atoms with E-state index in [4.69, 9.17) is 5.26 Å². The number of nitriles is 1. The fourth-order valence-corrected chi connectivity index (χ4v) is 1.57. The first kappa shape index (κ1) is 8.55. The van der Waals surface area contributed by atoms with Crippen molar-refractivity contribution < 1.29 is 0 Å². The lowest BCUT2D eigenvalue weighted by Gasteiger charge is -2.34. The highest BCUT2D eigenvalue weighted by molar-refractivity contribution is 4.94. The maximum Gasteiger partial charge on any atom is 0.0952 e. The molecule has 0 aliphatic heterocycles. The van der Waals surface area contributed by atoms with Crippen LogP contribution >= 0.6 is 0 Å². The molecule has 1 unspecified atom stereocenters. The van der Waals surface area contributed by atoms with Gasteiger partial charge in [-0.25, -0.2) is 0 Å². The monoisotopic (exact) mass is 152 g/mol. The minimum Gasteiger partial charge on any atom is -0.299 e. The van der Waals surface area contributed by atoms with Gasteiger partial charge >= 0.3 is 0 Å². The average molecular weight is 152 g/mol. The predicted molar refractivity (Wildman–Crippen MR) is 45.0 cm³/mol. The van der Waals surface area contributed by atoms with Gasteiger partial charge in [0.05, 0.1) is 12.1 Å². The Labute approximate surface area is 68.6 Å². The summed E-state index contributed by atoms with van der Waals surface area (Å²) in [7, 11) is 0. The largest absolute Gasteiger partial charge is 0.299 e. The first-order valence-electron chi connectivity index (χ1n) is 4.42. The van der Waals surface area contributed by atoms with Gasteiger partial charge in [-0.15, -0.1) is 0 Å². The third-order valence-electron chi connectivity index (χ3n) is 2.37. The molecule has 62 valence electrons. The van der Waals surface area contributed by atoms with Crippen LogP contribution in [0, 0.1) is 17.2 Å². The third-order valence-corrected chi connectivity index (χ3v) is 2.37. The van der Waals surface area contributed by atoms with Crippen molar-refractivity contribution in [1.29, 1.82) is 5.26 Å². The van der Waals surface area contributed by atoms with Crippen LogP contribution in [0.2, 0.25) is 0 Å². The van der Waals surface area contributed by atoms with Gasteiger partial charge in [0, 0.05) is 6.04 Å². The molecule has 0 aromatic rings. The summed E-state index contributed by atoms with van der Waals surface area (Å²) in [5, 5.41) is 12.0. The lowest BCUT2D eigenvalue weighted by molar-refractivity contribution is 0.231. The van der Waals surface area contributed by atoms with Gasteiger partial charge in [0.1, 0.15) is 0 Å². The van der Waals surface area contributed by atoms with Crippen LogP contribution in [0.1, 0.15) is 33.1 Å². The SMILES string of the molecule is CCC(C#N)NC1CC(C)C1. The zero-order valence-corrected chi connectivity index (χ0v) is 7.30. The number of rotatable bonds is 3. The summed E-state index contributed by atoms with van der Waals surface area (Å²) in [6, 6.07) is 2.95. The Bertz CT molecular complexity index is 153. The summed E-state index contributed by atoms with van der Waals surface area (Å²) in [4.78, 5) is 0. The summed E-state index contributed by atoms with van der Waals surface area (Å²) in [5.41, 5.74) is 0. The van der Waals surface area contributed by atoms with Gasteiger partial charge in [-0.3, -0.25) is 5.32 Å². The Morgan fingerprint density at radius 2 is 2.27 bits per heavy atom. The van der Waals surface area contributed by atoms with Crippen molar-refractivity contribution in [3.05, 3.63) is 0 Å². The molecular formula is C9H16N2. The maximum atomic E-state index is 8.65. The van der Waals surface area contributed by atoms with E-state index in [-0.39, 0.29) is 6.04 Å². The van der Waals surface area contributed by atoms with Crippen molar-refractivity contribution >= 4 is 0 Å². The van der Waals surface area contributed by atoms with Gasteiger partial charge in [0.25, 0.3) is 0 Å². The van der Waals surface area contributed by atoms with Crippen LogP contribution < -0.4 is 5.32 Å². The van der Waals surface area contributed by atoms with E-state index in [1.807, 2.05) is 6.92 Å². The van der Waals surface area contributed by atoms with E-state index in [9.17, 15) is 0 Å². The lowest BCUT2D eigenvalue weighted by Crippen LogP contribution is -2.44. The Morgan fingerprint density at radius 1 is 1.64 bits per heavy atom. The summed E-state index contributed by atoms with van der Waals surface area (Å²) in [6.07, 6.45) is 3.41. The van der Waals surface area contributed by atoms with Gasteiger partial charge in [0.15, 0.2) is 0 Å². The van der Waals surface area contributed by atoms with E-state index in [0.29, 0.717) is 6.04 Å². The molecule has 0 saturated heterocycles. The van der Waals surface area contributed by atoms with Crippen molar-refractivity contribution in [2.45, 2.75) is 45.2 Å². The van der Waals surface area contributed by atoms with Crippen molar-refractivity contribution in [2.24, 2.45) is 5.92 Å². The molecule has 1 aliphatic rings. The minimum absolute atomic E-state index is 0.0764. The van der Waals surface area contributed by atoms with E-state index in [1.54, 1.807) is 0 Å². The van der Waals surface area contributed by atoms with Crippen molar-refractivity contribution in [3.8, 4) is 6.07 Å². The predicted octanol–water partition coefficient (Wildman–Crippen LogP) is 1.68. The molecule has 1 atom stereocenters. The molecule has 1 N–H and O–H groups in total. The van der Waals surface area contributed by atoms with E-state index in [0.717, 1.165) is 12.3 Å². The van der Waals surface area contributed by atoms with Crippen LogP contribution in [0.25, 0.3) is 0 Å². The van der Waals surface area contributed by atoms with Crippen LogP contribution in [-0.4, -0.2) is 12.1 Å². The Balaban J connectivity index is 2.16. The molecule has 2 heteroatoms. The smallest absolute Gasteiger partial charge is 0.0952 e. The Kier molecular flexibility index (Phi) is 2.90. The first-order chi connectivity index (χ1) is 5.26. The van der Waals surface area contributed by atoms with Gasteiger partial charge in [-0.05, 0) is 25.2 Å². The van der Waals surface area contributed by atoms with Gasteiger partial charge in [-0.1, -0.05) is 13.8 Å². The standard InChI is InChI=1S/C9H16N2/c1-3-8(6-10)11-9-4-7(2)5-9/h7-9,11H,3-5H2,1-2H3. The molecule has 0 bridgehead atoms. The molecule has 1 saturated carbocycles. The molecule has 0 amide bonds. The van der Waals surface area contributed by atoms with Crippen LogP contribution in [0.3, 0.4) is 0 Å². The van der Waals surface area contributed by atoms with Crippen molar-refractivity contribution in [3.63, 3.8) is 0 Å². The molecule has 0 aromatic heterocycles. The second-order valence-corrected chi connectivity index (χ2v) is 3.53. The zero-order valence-electron chi connectivity index (χ0n) is 7.30. The summed E-state index contributed by atoms with van der Waals surface area (Å²) < 4.78 is 0. The normalized spacial score (nSPS) is 32.1. The van der Waals surface area contributed by atoms with E-state index >= 15 is 0 Å². The Morgan fingerprint density at radius 3 is 2.64 bits per heavy atom. The van der Waals surface area contributed by atoms with Gasteiger partial charge in [-0.2, -0.15) is 5.26 Å². The maximum absolute atomic E-state index is 8.65.